The van der Waals surface area contributed by atoms with E-state index in [0.29, 0.717) is 5.69 Å². The average molecular weight is 548 g/mol. The van der Waals surface area contributed by atoms with Gasteiger partial charge in [0.15, 0.2) is 9.84 Å². The summed E-state index contributed by atoms with van der Waals surface area (Å²) in [6.45, 7) is 2.72. The fraction of sp³-hybridized carbons (Fsp3) is 0.208. The van der Waals surface area contributed by atoms with E-state index in [-0.39, 0.29) is 16.1 Å². The minimum absolute atomic E-state index is 0.201. The predicted octanol–water partition coefficient (Wildman–Crippen LogP) is 4.42. The topological polar surface area (TPSA) is 163 Å². The molecule has 11 nitrogen and oxygen atoms in total. The van der Waals surface area contributed by atoms with Gasteiger partial charge in [0.25, 0.3) is 0 Å². The van der Waals surface area contributed by atoms with E-state index in [4.69, 9.17) is 4.55 Å². The first kappa shape index (κ1) is 27.9. The van der Waals surface area contributed by atoms with Gasteiger partial charge in [0.1, 0.15) is 5.69 Å². The van der Waals surface area contributed by atoms with Crippen molar-refractivity contribution in [3.8, 4) is 0 Å². The van der Waals surface area contributed by atoms with Crippen molar-refractivity contribution >= 4 is 43.3 Å². The maximum absolute atomic E-state index is 12.5. The van der Waals surface area contributed by atoms with Crippen LogP contribution in [0.5, 0.6) is 0 Å². The first-order valence-corrected chi connectivity index (χ1v) is 14.0. The fourth-order valence-corrected chi connectivity index (χ4v) is 4.87. The number of carbonyl (C=O) groups is 1. The molecular weight excluding hydrogens is 522 g/mol. The Bertz CT molecular complexity index is 1470. The van der Waals surface area contributed by atoms with Crippen molar-refractivity contribution < 1.29 is 35.5 Å². The smallest absolute Gasteiger partial charge is 0.397 e. The molecule has 0 saturated carbocycles. The van der Waals surface area contributed by atoms with E-state index in [1.807, 2.05) is 49.4 Å². The van der Waals surface area contributed by atoms with Crippen molar-refractivity contribution in [2.24, 2.45) is 10.2 Å². The monoisotopic (exact) mass is 547 g/mol. The first-order valence-electron chi connectivity index (χ1n) is 11.0. The van der Waals surface area contributed by atoms with Crippen LogP contribution in [-0.4, -0.2) is 51.4 Å². The fourth-order valence-electron chi connectivity index (χ4n) is 3.37. The van der Waals surface area contributed by atoms with Crippen molar-refractivity contribution in [2.45, 2.75) is 18.4 Å². The van der Waals surface area contributed by atoms with E-state index in [2.05, 4.69) is 19.3 Å². The van der Waals surface area contributed by atoms with Gasteiger partial charge >= 0.3 is 16.4 Å². The van der Waals surface area contributed by atoms with E-state index in [0.717, 1.165) is 42.5 Å². The molecule has 2 N–H and O–H groups in total. The molecule has 196 valence electrons. The van der Waals surface area contributed by atoms with Gasteiger partial charge in [0, 0.05) is 18.8 Å². The Morgan fingerprint density at radius 2 is 1.62 bits per heavy atom. The number of rotatable bonds is 12. The Hall–Kier alpha value is -3.65. The lowest BCUT2D eigenvalue weighted by Crippen LogP contribution is -2.21. The van der Waals surface area contributed by atoms with Gasteiger partial charge in [-0.05, 0) is 55.0 Å². The Labute approximate surface area is 214 Å². The number of anilines is 1. The number of hydrogen-bond donors (Lipinski definition) is 2. The van der Waals surface area contributed by atoms with Crippen molar-refractivity contribution in [1.29, 1.82) is 0 Å². The maximum Gasteiger partial charge on any atom is 0.397 e. The third-order valence-corrected chi connectivity index (χ3v) is 7.37. The molecule has 0 bridgehead atoms. The molecule has 3 rings (SSSR count). The SMILES string of the molecule is CCN(Cc1ccccc1)c1ccc(/N=N/c2cc(S(=O)(=O)CCOS(=O)(=O)O)ccc2C(=O)O)cc1. The average Bonchev–Trinajstić information content (AvgIpc) is 2.86. The Kier molecular flexibility index (Phi) is 9.10. The summed E-state index contributed by atoms with van der Waals surface area (Å²) in [6, 6.07) is 20.3. The quantitative estimate of drug-likeness (QED) is 0.247. The Morgan fingerprint density at radius 1 is 0.946 bits per heavy atom. The zero-order valence-corrected chi connectivity index (χ0v) is 21.4. The highest BCUT2D eigenvalue weighted by molar-refractivity contribution is 7.91. The summed E-state index contributed by atoms with van der Waals surface area (Å²) >= 11 is 0. The predicted molar refractivity (Wildman–Crippen MR) is 137 cm³/mol. The second-order valence-corrected chi connectivity index (χ2v) is 11.0. The largest absolute Gasteiger partial charge is 0.478 e. The minimum atomic E-state index is -4.80. The lowest BCUT2D eigenvalue weighted by atomic mass is 10.2. The Balaban J connectivity index is 1.80. The highest BCUT2D eigenvalue weighted by Gasteiger charge is 2.20. The van der Waals surface area contributed by atoms with Gasteiger partial charge in [0.2, 0.25) is 0 Å². The van der Waals surface area contributed by atoms with Crippen LogP contribution in [0.4, 0.5) is 17.1 Å². The molecule has 0 unspecified atom stereocenters. The van der Waals surface area contributed by atoms with Gasteiger partial charge in [-0.3, -0.25) is 4.55 Å². The molecule has 0 aliphatic heterocycles. The van der Waals surface area contributed by atoms with Crippen LogP contribution < -0.4 is 4.90 Å². The van der Waals surface area contributed by atoms with Gasteiger partial charge in [-0.2, -0.15) is 13.5 Å². The van der Waals surface area contributed by atoms with E-state index in [1.54, 1.807) is 12.1 Å². The molecule has 0 aromatic heterocycles. The molecule has 3 aromatic rings. The lowest BCUT2D eigenvalue weighted by molar-refractivity contribution is 0.0697. The van der Waals surface area contributed by atoms with Crippen LogP contribution in [-0.2, 0) is 31.0 Å². The molecule has 0 heterocycles. The maximum atomic E-state index is 12.5. The zero-order chi connectivity index (χ0) is 27.1. The second-order valence-electron chi connectivity index (χ2n) is 7.77. The molecular formula is C24H25N3O8S2. The number of benzene rings is 3. The molecule has 13 heteroatoms. The number of azo groups is 1. The van der Waals surface area contributed by atoms with Gasteiger partial charge < -0.3 is 10.0 Å². The summed E-state index contributed by atoms with van der Waals surface area (Å²) in [7, 11) is -8.87. The Morgan fingerprint density at radius 3 is 2.22 bits per heavy atom. The lowest BCUT2D eigenvalue weighted by Gasteiger charge is -2.23. The summed E-state index contributed by atoms with van der Waals surface area (Å²) in [5, 5.41) is 17.5. The summed E-state index contributed by atoms with van der Waals surface area (Å²) in [5.74, 6) is -2.10. The van der Waals surface area contributed by atoms with Crippen molar-refractivity contribution in [3.63, 3.8) is 0 Å². The second kappa shape index (κ2) is 12.1. The summed E-state index contributed by atoms with van der Waals surface area (Å²) in [5.41, 5.74) is 2.07. The summed E-state index contributed by atoms with van der Waals surface area (Å²) < 4.78 is 59.0. The highest BCUT2D eigenvalue weighted by atomic mass is 32.3. The van der Waals surface area contributed by atoms with Gasteiger partial charge in [-0.1, -0.05) is 30.3 Å². The van der Waals surface area contributed by atoms with Crippen molar-refractivity contribution in [1.82, 2.24) is 0 Å². The molecule has 0 atom stereocenters. The van der Waals surface area contributed by atoms with Crippen LogP contribution in [0.3, 0.4) is 0 Å². The van der Waals surface area contributed by atoms with Crippen LogP contribution in [0.25, 0.3) is 0 Å². The molecule has 3 aromatic carbocycles. The molecule has 0 amide bonds. The van der Waals surface area contributed by atoms with E-state index in [9.17, 15) is 26.7 Å². The van der Waals surface area contributed by atoms with Gasteiger partial charge in [-0.25, -0.2) is 17.4 Å². The molecule has 0 radical (unpaired) electrons. The van der Waals surface area contributed by atoms with Crippen LogP contribution in [0.2, 0.25) is 0 Å². The standard InChI is InChI=1S/C24H25N3O8S2/c1-2-27(17-18-6-4-3-5-7-18)20-10-8-19(9-11-20)25-26-23-16-21(12-13-22(23)24(28)29)36(30,31)15-14-35-37(32,33)34/h3-13,16H,2,14-15,17H2,1H3,(H,28,29)(H,32,33,34)/b26-25+. The molecule has 0 saturated heterocycles. The number of carboxylic acids is 1. The van der Waals surface area contributed by atoms with Gasteiger partial charge in [-0.15, -0.1) is 5.11 Å². The van der Waals surface area contributed by atoms with Crippen LogP contribution in [0, 0.1) is 0 Å². The zero-order valence-electron chi connectivity index (χ0n) is 19.8. The number of sulfone groups is 1. The van der Waals surface area contributed by atoms with E-state index < -0.39 is 38.6 Å². The molecule has 0 spiro atoms. The molecule has 0 aliphatic carbocycles. The van der Waals surface area contributed by atoms with Crippen LogP contribution >= 0.6 is 0 Å². The third-order valence-electron chi connectivity index (χ3n) is 5.23. The molecule has 0 fully saturated rings. The summed E-state index contributed by atoms with van der Waals surface area (Å²) in [4.78, 5) is 13.5. The van der Waals surface area contributed by atoms with Crippen LogP contribution in [0.15, 0.2) is 87.9 Å². The minimum Gasteiger partial charge on any atom is -0.478 e. The van der Waals surface area contributed by atoms with Gasteiger partial charge in [0.05, 0.1) is 28.5 Å². The van der Waals surface area contributed by atoms with E-state index in [1.165, 1.54) is 0 Å². The first-order chi connectivity index (χ1) is 17.5. The van der Waals surface area contributed by atoms with Crippen LogP contribution in [0.1, 0.15) is 22.8 Å². The number of aromatic carboxylic acids is 1. The number of nitrogens with zero attached hydrogens (tertiary/aromatic N) is 3. The van der Waals surface area contributed by atoms with Crippen molar-refractivity contribution in [2.75, 3.05) is 23.8 Å². The highest BCUT2D eigenvalue weighted by Crippen LogP contribution is 2.28. The van der Waals surface area contributed by atoms with Crippen molar-refractivity contribution in [3.05, 3.63) is 83.9 Å². The number of carboxylic acid groups (broad SMARTS) is 1. The normalized spacial score (nSPS) is 12.1. The third kappa shape index (κ3) is 8.18. The number of hydrogen-bond acceptors (Lipinski definition) is 9. The molecule has 37 heavy (non-hydrogen) atoms. The molecule has 0 aliphatic rings. The summed E-state index contributed by atoms with van der Waals surface area (Å²) in [6.07, 6.45) is 0. The van der Waals surface area contributed by atoms with E-state index >= 15 is 0 Å².